The van der Waals surface area contributed by atoms with Gasteiger partial charge in [-0.2, -0.15) is 11.8 Å². The summed E-state index contributed by atoms with van der Waals surface area (Å²) in [4.78, 5) is 32.7. The van der Waals surface area contributed by atoms with Crippen LogP contribution in [0, 0.1) is 0 Å². The number of amides is 1. The first-order valence-electron chi connectivity index (χ1n) is 6.20. The minimum Gasteiger partial charge on any atom is -0.476 e. The third-order valence-electron chi connectivity index (χ3n) is 2.98. The Hall–Kier alpha value is -1.93. The zero-order valence-corrected chi connectivity index (χ0v) is 12.5. The lowest BCUT2D eigenvalue weighted by molar-refractivity contribution is 0.0691. The SMILES string of the molecule is O=C(Nc1nccnc1C(=O)O)c1cc2c(s1)CCSC2. The molecule has 0 aromatic carbocycles. The number of fused-ring (bicyclic) bond motifs is 1. The van der Waals surface area contributed by atoms with Gasteiger partial charge < -0.3 is 10.4 Å². The second-order valence-electron chi connectivity index (χ2n) is 4.37. The second kappa shape index (κ2) is 5.82. The van der Waals surface area contributed by atoms with Crippen molar-refractivity contribution >= 4 is 40.8 Å². The Balaban J connectivity index is 1.83. The predicted octanol–water partition coefficient (Wildman–Crippen LogP) is 2.28. The summed E-state index contributed by atoms with van der Waals surface area (Å²) in [5, 5.41) is 11.6. The lowest BCUT2D eigenvalue weighted by atomic mass is 10.2. The Morgan fingerprint density at radius 1 is 1.29 bits per heavy atom. The molecule has 1 amide bonds. The van der Waals surface area contributed by atoms with Crippen molar-refractivity contribution in [1.82, 2.24) is 9.97 Å². The number of nitrogens with one attached hydrogen (secondary N) is 1. The van der Waals surface area contributed by atoms with E-state index < -0.39 is 5.97 Å². The van der Waals surface area contributed by atoms with E-state index in [9.17, 15) is 9.59 Å². The average Bonchev–Trinajstić information content (AvgIpc) is 2.91. The highest BCUT2D eigenvalue weighted by Gasteiger charge is 2.20. The third-order valence-corrected chi connectivity index (χ3v) is 5.23. The maximum Gasteiger partial charge on any atom is 0.358 e. The molecule has 3 heterocycles. The van der Waals surface area contributed by atoms with Gasteiger partial charge in [0.2, 0.25) is 0 Å². The molecule has 108 valence electrons. The minimum atomic E-state index is -1.22. The quantitative estimate of drug-likeness (QED) is 0.901. The number of nitrogens with zero attached hydrogens (tertiary/aromatic N) is 2. The van der Waals surface area contributed by atoms with Crippen molar-refractivity contribution in [2.45, 2.75) is 12.2 Å². The van der Waals surface area contributed by atoms with Crippen LogP contribution in [0.4, 0.5) is 5.82 Å². The van der Waals surface area contributed by atoms with Crippen LogP contribution in [-0.2, 0) is 12.2 Å². The third kappa shape index (κ3) is 2.91. The molecule has 6 nitrogen and oxygen atoms in total. The van der Waals surface area contributed by atoms with Crippen LogP contribution < -0.4 is 5.32 Å². The summed E-state index contributed by atoms with van der Waals surface area (Å²) in [6.07, 6.45) is 3.60. The normalized spacial score (nSPS) is 13.5. The first-order valence-corrected chi connectivity index (χ1v) is 8.17. The molecule has 0 saturated heterocycles. The van der Waals surface area contributed by atoms with E-state index in [1.807, 2.05) is 17.8 Å². The molecule has 1 aliphatic rings. The highest BCUT2D eigenvalue weighted by molar-refractivity contribution is 7.98. The summed E-state index contributed by atoms with van der Waals surface area (Å²) in [6, 6.07) is 1.87. The molecule has 0 radical (unpaired) electrons. The molecule has 0 bridgehead atoms. The molecule has 8 heteroatoms. The highest BCUT2D eigenvalue weighted by Crippen LogP contribution is 2.32. The number of aromatic carboxylic acids is 1. The number of carboxylic acids is 1. The van der Waals surface area contributed by atoms with Gasteiger partial charge in [0.25, 0.3) is 5.91 Å². The van der Waals surface area contributed by atoms with Gasteiger partial charge in [0.15, 0.2) is 11.5 Å². The van der Waals surface area contributed by atoms with Crippen LogP contribution in [0.1, 0.15) is 30.6 Å². The molecule has 0 aliphatic carbocycles. The molecule has 0 spiro atoms. The number of carbonyl (C=O) groups excluding carboxylic acids is 1. The zero-order valence-electron chi connectivity index (χ0n) is 10.8. The largest absolute Gasteiger partial charge is 0.476 e. The van der Waals surface area contributed by atoms with Crippen LogP contribution in [0.25, 0.3) is 0 Å². The van der Waals surface area contributed by atoms with Gasteiger partial charge in [-0.15, -0.1) is 11.3 Å². The molecule has 0 unspecified atom stereocenters. The van der Waals surface area contributed by atoms with Crippen LogP contribution in [0.3, 0.4) is 0 Å². The Morgan fingerprint density at radius 2 is 2.10 bits per heavy atom. The Kier molecular flexibility index (Phi) is 3.89. The topological polar surface area (TPSA) is 92.2 Å². The minimum absolute atomic E-state index is 0.0317. The number of hydrogen-bond acceptors (Lipinski definition) is 6. The number of thioether (sulfide) groups is 1. The van der Waals surface area contributed by atoms with E-state index in [1.165, 1.54) is 34.2 Å². The highest BCUT2D eigenvalue weighted by atomic mass is 32.2. The van der Waals surface area contributed by atoms with Crippen molar-refractivity contribution < 1.29 is 14.7 Å². The summed E-state index contributed by atoms with van der Waals surface area (Å²) >= 11 is 3.30. The van der Waals surface area contributed by atoms with E-state index >= 15 is 0 Å². The lowest BCUT2D eigenvalue weighted by Gasteiger charge is -2.08. The molecule has 0 fully saturated rings. The monoisotopic (exact) mass is 321 g/mol. The molecule has 0 saturated carbocycles. The second-order valence-corrected chi connectivity index (χ2v) is 6.62. The summed E-state index contributed by atoms with van der Waals surface area (Å²) in [6.45, 7) is 0. The first kappa shape index (κ1) is 14.0. The van der Waals surface area contributed by atoms with Crippen molar-refractivity contribution in [3.8, 4) is 0 Å². The van der Waals surface area contributed by atoms with Gasteiger partial charge in [0, 0.05) is 23.0 Å². The number of aryl methyl sites for hydroxylation is 1. The summed E-state index contributed by atoms with van der Waals surface area (Å²) < 4.78 is 0. The van der Waals surface area contributed by atoms with Gasteiger partial charge in [-0.25, -0.2) is 14.8 Å². The summed E-state index contributed by atoms with van der Waals surface area (Å²) in [5.74, 6) is 0.394. The lowest BCUT2D eigenvalue weighted by Crippen LogP contribution is -2.16. The molecule has 1 aliphatic heterocycles. The van der Waals surface area contributed by atoms with Crippen molar-refractivity contribution in [3.63, 3.8) is 0 Å². The zero-order chi connectivity index (χ0) is 14.8. The molecule has 0 atom stereocenters. The number of carboxylic acid groups (broad SMARTS) is 1. The standard InChI is InChI=1S/C13H11N3O3S2/c17-12(9-5-7-6-20-4-1-8(7)21-9)16-11-10(13(18)19)14-2-3-15-11/h2-3,5H,1,4,6H2,(H,18,19)(H,15,16,17). The van der Waals surface area contributed by atoms with E-state index in [0.717, 1.165) is 17.9 Å². The van der Waals surface area contributed by atoms with E-state index in [0.29, 0.717) is 4.88 Å². The molecule has 3 rings (SSSR count). The van der Waals surface area contributed by atoms with Gasteiger partial charge in [0.1, 0.15) is 0 Å². The number of hydrogen-bond donors (Lipinski definition) is 2. The fraction of sp³-hybridized carbons (Fsp3) is 0.231. The van der Waals surface area contributed by atoms with Gasteiger partial charge in [-0.05, 0) is 23.8 Å². The van der Waals surface area contributed by atoms with Gasteiger partial charge in [-0.1, -0.05) is 0 Å². The van der Waals surface area contributed by atoms with Crippen LogP contribution in [0.2, 0.25) is 0 Å². The smallest absolute Gasteiger partial charge is 0.358 e. The Morgan fingerprint density at radius 3 is 2.86 bits per heavy atom. The maximum absolute atomic E-state index is 12.2. The molecule has 21 heavy (non-hydrogen) atoms. The summed E-state index contributed by atoms with van der Waals surface area (Å²) in [7, 11) is 0. The Labute approximate surface area is 128 Å². The molecule has 2 aromatic heterocycles. The van der Waals surface area contributed by atoms with Crippen LogP contribution in [-0.4, -0.2) is 32.7 Å². The number of rotatable bonds is 3. The van der Waals surface area contributed by atoms with Crippen molar-refractivity contribution in [3.05, 3.63) is 39.5 Å². The predicted molar refractivity (Wildman–Crippen MR) is 81.1 cm³/mol. The molecular formula is C13H11N3O3S2. The Bertz CT molecular complexity index is 691. The molecule has 2 N–H and O–H groups in total. The van der Waals surface area contributed by atoms with Gasteiger partial charge >= 0.3 is 5.97 Å². The molecule has 2 aromatic rings. The van der Waals surface area contributed by atoms with E-state index in [4.69, 9.17) is 5.11 Å². The van der Waals surface area contributed by atoms with E-state index in [1.54, 1.807) is 0 Å². The maximum atomic E-state index is 12.2. The number of thiophene rings is 1. The van der Waals surface area contributed by atoms with Crippen LogP contribution >= 0.6 is 23.1 Å². The van der Waals surface area contributed by atoms with E-state index in [2.05, 4.69) is 15.3 Å². The van der Waals surface area contributed by atoms with Crippen molar-refractivity contribution in [1.29, 1.82) is 0 Å². The van der Waals surface area contributed by atoms with Gasteiger partial charge in [0.05, 0.1) is 4.88 Å². The van der Waals surface area contributed by atoms with Gasteiger partial charge in [-0.3, -0.25) is 4.79 Å². The van der Waals surface area contributed by atoms with Crippen LogP contribution in [0.5, 0.6) is 0 Å². The van der Waals surface area contributed by atoms with Crippen molar-refractivity contribution in [2.24, 2.45) is 0 Å². The average molecular weight is 321 g/mol. The number of carbonyl (C=O) groups is 2. The number of aromatic nitrogens is 2. The molecular weight excluding hydrogens is 310 g/mol. The number of anilines is 1. The van der Waals surface area contributed by atoms with Crippen LogP contribution in [0.15, 0.2) is 18.5 Å². The fourth-order valence-electron chi connectivity index (χ4n) is 2.01. The van der Waals surface area contributed by atoms with Crippen molar-refractivity contribution in [2.75, 3.05) is 11.1 Å². The summed E-state index contributed by atoms with van der Waals surface area (Å²) in [5.41, 5.74) is 0.932. The first-order chi connectivity index (χ1) is 10.1. The fourth-order valence-corrected chi connectivity index (χ4v) is 4.28. The van der Waals surface area contributed by atoms with E-state index in [-0.39, 0.29) is 17.4 Å².